The van der Waals surface area contributed by atoms with E-state index in [4.69, 9.17) is 0 Å². The Morgan fingerprint density at radius 3 is 2.27 bits per heavy atom. The van der Waals surface area contributed by atoms with Gasteiger partial charge in [0, 0.05) is 24.5 Å². The van der Waals surface area contributed by atoms with Crippen molar-refractivity contribution in [3.05, 3.63) is 53.1 Å². The normalized spacial score (nSPS) is 14.5. The number of sulfonamides is 1. The molecule has 1 aliphatic heterocycles. The minimum absolute atomic E-state index is 0.0153. The molecule has 0 bridgehead atoms. The third-order valence-corrected chi connectivity index (χ3v) is 6.25. The number of benzene rings is 2. The molecular weight excluding hydrogens is 352 g/mol. The summed E-state index contributed by atoms with van der Waals surface area (Å²) in [4.78, 5) is 13.5. The first-order chi connectivity index (χ1) is 12.3. The SMILES string of the molecule is Cc1cc(C(=O)O)cc(S(=O)(=O)Nc2ccc(N3CCCC3)cc2)c1C. The summed E-state index contributed by atoms with van der Waals surface area (Å²) in [5.74, 6) is -1.15. The Labute approximate surface area is 153 Å². The van der Waals surface area contributed by atoms with Gasteiger partial charge in [0.1, 0.15) is 0 Å². The zero-order valence-corrected chi connectivity index (χ0v) is 15.6. The molecule has 0 radical (unpaired) electrons. The van der Waals surface area contributed by atoms with E-state index < -0.39 is 16.0 Å². The summed E-state index contributed by atoms with van der Waals surface area (Å²) in [5, 5.41) is 9.19. The number of nitrogens with one attached hydrogen (secondary N) is 1. The van der Waals surface area contributed by atoms with Gasteiger partial charge in [0.25, 0.3) is 10.0 Å². The predicted molar refractivity (Wildman–Crippen MR) is 102 cm³/mol. The summed E-state index contributed by atoms with van der Waals surface area (Å²) in [6.07, 6.45) is 2.35. The highest BCUT2D eigenvalue weighted by Gasteiger charge is 2.21. The molecular formula is C19H22N2O4S. The molecule has 2 aromatic carbocycles. The Balaban J connectivity index is 1.88. The lowest BCUT2D eigenvalue weighted by atomic mass is 10.1. The minimum Gasteiger partial charge on any atom is -0.478 e. The molecule has 1 fully saturated rings. The number of hydrogen-bond acceptors (Lipinski definition) is 4. The highest BCUT2D eigenvalue weighted by Crippen LogP contribution is 2.26. The highest BCUT2D eigenvalue weighted by atomic mass is 32.2. The molecule has 138 valence electrons. The predicted octanol–water partition coefficient (Wildman–Crippen LogP) is 3.40. The van der Waals surface area contributed by atoms with Gasteiger partial charge in [-0.3, -0.25) is 4.72 Å². The zero-order chi connectivity index (χ0) is 18.9. The zero-order valence-electron chi connectivity index (χ0n) is 14.8. The molecule has 2 N–H and O–H groups in total. The number of rotatable bonds is 5. The van der Waals surface area contributed by atoms with Crippen molar-refractivity contribution in [2.45, 2.75) is 31.6 Å². The molecule has 0 spiro atoms. The van der Waals surface area contributed by atoms with E-state index in [0.717, 1.165) is 18.8 Å². The summed E-state index contributed by atoms with van der Waals surface area (Å²) in [6.45, 7) is 5.41. The van der Waals surface area contributed by atoms with E-state index in [0.29, 0.717) is 16.8 Å². The van der Waals surface area contributed by atoms with Gasteiger partial charge < -0.3 is 10.0 Å². The number of carboxylic acids is 1. The van der Waals surface area contributed by atoms with E-state index in [1.54, 1.807) is 26.0 Å². The molecule has 1 heterocycles. The van der Waals surface area contributed by atoms with Crippen molar-refractivity contribution in [3.63, 3.8) is 0 Å². The summed E-state index contributed by atoms with van der Waals surface area (Å²) in [7, 11) is -3.88. The van der Waals surface area contributed by atoms with E-state index >= 15 is 0 Å². The smallest absolute Gasteiger partial charge is 0.335 e. The van der Waals surface area contributed by atoms with Crippen LogP contribution in [0.4, 0.5) is 11.4 Å². The van der Waals surface area contributed by atoms with Crippen LogP contribution in [0.3, 0.4) is 0 Å². The second-order valence-electron chi connectivity index (χ2n) is 6.57. The van der Waals surface area contributed by atoms with E-state index in [2.05, 4.69) is 9.62 Å². The molecule has 0 amide bonds. The number of carbonyl (C=O) groups is 1. The lowest BCUT2D eigenvalue weighted by Gasteiger charge is -2.18. The van der Waals surface area contributed by atoms with Crippen molar-refractivity contribution in [3.8, 4) is 0 Å². The van der Waals surface area contributed by atoms with Crippen LogP contribution in [0.15, 0.2) is 41.3 Å². The first-order valence-corrected chi connectivity index (χ1v) is 9.98. The molecule has 6 nitrogen and oxygen atoms in total. The van der Waals surface area contributed by atoms with Crippen LogP contribution in [0, 0.1) is 13.8 Å². The van der Waals surface area contributed by atoms with Crippen LogP contribution in [-0.4, -0.2) is 32.6 Å². The summed E-state index contributed by atoms with van der Waals surface area (Å²) < 4.78 is 28.1. The monoisotopic (exact) mass is 374 g/mol. The van der Waals surface area contributed by atoms with Crippen LogP contribution >= 0.6 is 0 Å². The van der Waals surface area contributed by atoms with Gasteiger partial charge in [-0.1, -0.05) is 0 Å². The van der Waals surface area contributed by atoms with Crippen molar-refractivity contribution in [1.29, 1.82) is 0 Å². The Morgan fingerprint density at radius 1 is 1.08 bits per heavy atom. The fraction of sp³-hybridized carbons (Fsp3) is 0.316. The van der Waals surface area contributed by atoms with Crippen LogP contribution in [0.25, 0.3) is 0 Å². The molecule has 1 aliphatic rings. The number of aryl methyl sites for hydroxylation is 1. The Morgan fingerprint density at radius 2 is 1.69 bits per heavy atom. The van der Waals surface area contributed by atoms with Crippen LogP contribution in [0.1, 0.15) is 34.3 Å². The first kappa shape index (κ1) is 18.3. The van der Waals surface area contributed by atoms with Crippen molar-refractivity contribution in [2.24, 2.45) is 0 Å². The van der Waals surface area contributed by atoms with Crippen LogP contribution < -0.4 is 9.62 Å². The van der Waals surface area contributed by atoms with E-state index in [-0.39, 0.29) is 10.5 Å². The fourth-order valence-corrected chi connectivity index (χ4v) is 4.56. The topological polar surface area (TPSA) is 86.7 Å². The van der Waals surface area contributed by atoms with Gasteiger partial charge in [-0.15, -0.1) is 0 Å². The molecule has 0 unspecified atom stereocenters. The van der Waals surface area contributed by atoms with Gasteiger partial charge in [-0.25, -0.2) is 13.2 Å². The molecule has 0 aromatic heterocycles. The quantitative estimate of drug-likeness (QED) is 0.838. The number of nitrogens with zero attached hydrogens (tertiary/aromatic N) is 1. The Bertz CT molecular complexity index is 931. The Hall–Kier alpha value is -2.54. The maximum atomic E-state index is 12.8. The molecule has 0 aliphatic carbocycles. The molecule has 3 rings (SSSR count). The maximum absolute atomic E-state index is 12.8. The molecule has 1 saturated heterocycles. The number of hydrogen-bond donors (Lipinski definition) is 2. The third-order valence-electron chi connectivity index (χ3n) is 4.75. The van der Waals surface area contributed by atoms with Crippen molar-refractivity contribution < 1.29 is 18.3 Å². The molecule has 2 aromatic rings. The average molecular weight is 374 g/mol. The van der Waals surface area contributed by atoms with Crippen LogP contribution in [0.2, 0.25) is 0 Å². The number of anilines is 2. The van der Waals surface area contributed by atoms with Gasteiger partial charge in [-0.05, 0) is 74.2 Å². The summed E-state index contributed by atoms with van der Waals surface area (Å²) >= 11 is 0. The van der Waals surface area contributed by atoms with Crippen LogP contribution in [0.5, 0.6) is 0 Å². The van der Waals surface area contributed by atoms with Gasteiger partial charge in [0.15, 0.2) is 0 Å². The van der Waals surface area contributed by atoms with Gasteiger partial charge >= 0.3 is 5.97 Å². The van der Waals surface area contributed by atoms with Crippen molar-refractivity contribution in [2.75, 3.05) is 22.7 Å². The number of aromatic carboxylic acids is 1. The second-order valence-corrected chi connectivity index (χ2v) is 8.22. The third kappa shape index (κ3) is 3.67. The molecule has 0 atom stereocenters. The van der Waals surface area contributed by atoms with E-state index in [1.165, 1.54) is 25.0 Å². The first-order valence-electron chi connectivity index (χ1n) is 8.50. The van der Waals surface area contributed by atoms with Gasteiger partial charge in [0.05, 0.1) is 10.5 Å². The highest BCUT2D eigenvalue weighted by molar-refractivity contribution is 7.92. The summed E-state index contributed by atoms with van der Waals surface area (Å²) in [5.41, 5.74) is 2.64. The summed E-state index contributed by atoms with van der Waals surface area (Å²) in [6, 6.07) is 9.93. The Kier molecular flexibility index (Phi) is 4.91. The minimum atomic E-state index is -3.88. The second kappa shape index (κ2) is 6.99. The molecule has 0 saturated carbocycles. The largest absolute Gasteiger partial charge is 0.478 e. The fourth-order valence-electron chi connectivity index (χ4n) is 3.16. The molecule has 7 heteroatoms. The number of carboxylic acid groups (broad SMARTS) is 1. The molecule has 26 heavy (non-hydrogen) atoms. The lowest BCUT2D eigenvalue weighted by molar-refractivity contribution is 0.0696. The van der Waals surface area contributed by atoms with Crippen molar-refractivity contribution >= 4 is 27.4 Å². The van der Waals surface area contributed by atoms with E-state index in [9.17, 15) is 18.3 Å². The van der Waals surface area contributed by atoms with Crippen molar-refractivity contribution in [1.82, 2.24) is 0 Å². The standard InChI is InChI=1S/C19H22N2O4S/c1-13-11-15(19(22)23)12-18(14(13)2)26(24,25)20-16-5-7-17(8-6-16)21-9-3-4-10-21/h5-8,11-12,20H,3-4,9-10H2,1-2H3,(H,22,23). The van der Waals surface area contributed by atoms with E-state index in [1.807, 2.05) is 12.1 Å². The maximum Gasteiger partial charge on any atom is 0.335 e. The lowest BCUT2D eigenvalue weighted by Crippen LogP contribution is -2.18. The van der Waals surface area contributed by atoms with Gasteiger partial charge in [0.2, 0.25) is 0 Å². The average Bonchev–Trinajstić information content (AvgIpc) is 3.11. The van der Waals surface area contributed by atoms with Crippen LogP contribution in [-0.2, 0) is 10.0 Å². The van der Waals surface area contributed by atoms with Gasteiger partial charge in [-0.2, -0.15) is 0 Å².